The Balaban J connectivity index is 2.77. The standard InChI is InChI=1S/C11H18N2/c1-4-13(3)9(2)10-5-7-11(12)8-6-10/h5-9H,4,12H2,1-3H3. The molecule has 0 aliphatic carbocycles. The molecule has 0 radical (unpaired) electrons. The van der Waals surface area contributed by atoms with Crippen molar-refractivity contribution in [1.82, 2.24) is 4.90 Å². The minimum absolute atomic E-state index is 0.464. The summed E-state index contributed by atoms with van der Waals surface area (Å²) in [5, 5.41) is 0. The first kappa shape index (κ1) is 10.1. The smallest absolute Gasteiger partial charge is 0.0316 e. The molecule has 0 saturated heterocycles. The van der Waals surface area contributed by atoms with E-state index in [1.165, 1.54) is 5.56 Å². The van der Waals surface area contributed by atoms with Crippen molar-refractivity contribution in [3.8, 4) is 0 Å². The predicted octanol–water partition coefficient (Wildman–Crippen LogP) is 2.28. The van der Waals surface area contributed by atoms with Crippen LogP contribution in [0.5, 0.6) is 0 Å². The van der Waals surface area contributed by atoms with Crippen LogP contribution in [0, 0.1) is 0 Å². The first-order chi connectivity index (χ1) is 6.15. The van der Waals surface area contributed by atoms with Crippen LogP contribution in [0.1, 0.15) is 25.5 Å². The molecule has 13 heavy (non-hydrogen) atoms. The van der Waals surface area contributed by atoms with Gasteiger partial charge >= 0.3 is 0 Å². The zero-order valence-electron chi connectivity index (χ0n) is 8.62. The van der Waals surface area contributed by atoms with E-state index in [2.05, 4.69) is 37.9 Å². The van der Waals surface area contributed by atoms with Crippen LogP contribution in [0.25, 0.3) is 0 Å². The molecule has 2 heteroatoms. The van der Waals surface area contributed by atoms with Crippen LogP contribution in [0.2, 0.25) is 0 Å². The maximum absolute atomic E-state index is 5.62. The summed E-state index contributed by atoms with van der Waals surface area (Å²) in [6, 6.07) is 8.55. The minimum atomic E-state index is 0.464. The van der Waals surface area contributed by atoms with Gasteiger partial charge in [-0.25, -0.2) is 0 Å². The predicted molar refractivity (Wildman–Crippen MR) is 57.6 cm³/mol. The highest BCUT2D eigenvalue weighted by Crippen LogP contribution is 2.18. The van der Waals surface area contributed by atoms with Crippen LogP contribution in [-0.2, 0) is 0 Å². The number of anilines is 1. The van der Waals surface area contributed by atoms with Gasteiger partial charge in [-0.05, 0) is 38.2 Å². The second-order valence-corrected chi connectivity index (χ2v) is 3.42. The molecule has 72 valence electrons. The molecule has 0 aliphatic heterocycles. The zero-order valence-corrected chi connectivity index (χ0v) is 8.62. The van der Waals surface area contributed by atoms with Gasteiger partial charge in [-0.2, -0.15) is 0 Å². The molecule has 0 aromatic heterocycles. The summed E-state index contributed by atoms with van der Waals surface area (Å²) in [5.41, 5.74) is 7.77. The number of rotatable bonds is 3. The van der Waals surface area contributed by atoms with Crippen molar-refractivity contribution in [2.75, 3.05) is 19.3 Å². The SMILES string of the molecule is CCN(C)C(C)c1ccc(N)cc1. The van der Waals surface area contributed by atoms with Crippen LogP contribution in [-0.4, -0.2) is 18.5 Å². The van der Waals surface area contributed by atoms with E-state index < -0.39 is 0 Å². The molecule has 0 saturated carbocycles. The van der Waals surface area contributed by atoms with Crippen LogP contribution in [0.4, 0.5) is 5.69 Å². The topological polar surface area (TPSA) is 29.3 Å². The summed E-state index contributed by atoms with van der Waals surface area (Å²) in [6.45, 7) is 5.42. The van der Waals surface area contributed by atoms with Crippen molar-refractivity contribution in [3.05, 3.63) is 29.8 Å². The number of nitrogens with two attached hydrogens (primary N) is 1. The van der Waals surface area contributed by atoms with Gasteiger partial charge in [0.1, 0.15) is 0 Å². The average molecular weight is 178 g/mol. The lowest BCUT2D eigenvalue weighted by Gasteiger charge is -2.23. The van der Waals surface area contributed by atoms with Crippen LogP contribution in [0.15, 0.2) is 24.3 Å². The van der Waals surface area contributed by atoms with Crippen molar-refractivity contribution in [2.45, 2.75) is 19.9 Å². The minimum Gasteiger partial charge on any atom is -0.399 e. The van der Waals surface area contributed by atoms with Crippen molar-refractivity contribution < 1.29 is 0 Å². The molecule has 1 rings (SSSR count). The Morgan fingerprint density at radius 1 is 1.31 bits per heavy atom. The molecule has 0 heterocycles. The van der Waals surface area contributed by atoms with E-state index in [1.807, 2.05) is 12.1 Å². The normalized spacial score (nSPS) is 13.2. The Morgan fingerprint density at radius 3 is 2.31 bits per heavy atom. The quantitative estimate of drug-likeness (QED) is 0.719. The van der Waals surface area contributed by atoms with E-state index in [0.29, 0.717) is 6.04 Å². The van der Waals surface area contributed by atoms with E-state index >= 15 is 0 Å². The van der Waals surface area contributed by atoms with Gasteiger partial charge in [0.2, 0.25) is 0 Å². The van der Waals surface area contributed by atoms with Crippen molar-refractivity contribution in [1.29, 1.82) is 0 Å². The molecule has 1 atom stereocenters. The monoisotopic (exact) mass is 178 g/mol. The zero-order chi connectivity index (χ0) is 9.84. The molecule has 2 N–H and O–H groups in total. The lowest BCUT2D eigenvalue weighted by Crippen LogP contribution is -2.21. The maximum Gasteiger partial charge on any atom is 0.0316 e. The highest BCUT2D eigenvalue weighted by atomic mass is 15.1. The van der Waals surface area contributed by atoms with Crippen LogP contribution >= 0.6 is 0 Å². The van der Waals surface area contributed by atoms with Gasteiger partial charge in [-0.1, -0.05) is 19.1 Å². The molecule has 0 spiro atoms. The first-order valence-corrected chi connectivity index (χ1v) is 4.70. The molecule has 1 unspecified atom stereocenters. The van der Waals surface area contributed by atoms with Crippen LogP contribution < -0.4 is 5.73 Å². The van der Waals surface area contributed by atoms with E-state index in [9.17, 15) is 0 Å². The fraction of sp³-hybridized carbons (Fsp3) is 0.455. The van der Waals surface area contributed by atoms with E-state index in [0.717, 1.165) is 12.2 Å². The van der Waals surface area contributed by atoms with Gasteiger partial charge < -0.3 is 5.73 Å². The van der Waals surface area contributed by atoms with Gasteiger partial charge in [-0.15, -0.1) is 0 Å². The van der Waals surface area contributed by atoms with Gasteiger partial charge in [0.25, 0.3) is 0 Å². The molecule has 0 fully saturated rings. The number of hydrogen-bond donors (Lipinski definition) is 1. The Morgan fingerprint density at radius 2 is 1.85 bits per heavy atom. The molecule has 1 aromatic carbocycles. The molecule has 2 nitrogen and oxygen atoms in total. The number of nitrogens with zero attached hydrogens (tertiary/aromatic N) is 1. The summed E-state index contributed by atoms with van der Waals surface area (Å²) in [5.74, 6) is 0. The Bertz CT molecular complexity index is 253. The largest absolute Gasteiger partial charge is 0.399 e. The number of nitrogen functional groups attached to an aromatic ring is 1. The van der Waals surface area contributed by atoms with Gasteiger partial charge in [0.15, 0.2) is 0 Å². The van der Waals surface area contributed by atoms with E-state index in [1.54, 1.807) is 0 Å². The summed E-state index contributed by atoms with van der Waals surface area (Å²) in [4.78, 5) is 2.30. The van der Waals surface area contributed by atoms with Gasteiger partial charge in [-0.3, -0.25) is 4.90 Å². The second-order valence-electron chi connectivity index (χ2n) is 3.42. The number of hydrogen-bond acceptors (Lipinski definition) is 2. The maximum atomic E-state index is 5.62. The highest BCUT2D eigenvalue weighted by Gasteiger charge is 2.08. The highest BCUT2D eigenvalue weighted by molar-refractivity contribution is 5.39. The third kappa shape index (κ3) is 2.46. The Labute approximate surface area is 80.4 Å². The average Bonchev–Trinajstić information content (AvgIpc) is 2.17. The van der Waals surface area contributed by atoms with Gasteiger partial charge in [0.05, 0.1) is 0 Å². The fourth-order valence-electron chi connectivity index (χ4n) is 1.30. The summed E-state index contributed by atoms with van der Waals surface area (Å²) < 4.78 is 0. The van der Waals surface area contributed by atoms with Crippen molar-refractivity contribution in [3.63, 3.8) is 0 Å². The Kier molecular flexibility index (Phi) is 3.32. The molecular weight excluding hydrogens is 160 g/mol. The summed E-state index contributed by atoms with van der Waals surface area (Å²) >= 11 is 0. The van der Waals surface area contributed by atoms with Crippen molar-refractivity contribution in [2.24, 2.45) is 0 Å². The summed E-state index contributed by atoms with van der Waals surface area (Å²) in [7, 11) is 2.13. The van der Waals surface area contributed by atoms with Crippen LogP contribution in [0.3, 0.4) is 0 Å². The molecule has 0 bridgehead atoms. The molecule has 0 aliphatic rings. The van der Waals surface area contributed by atoms with E-state index in [-0.39, 0.29) is 0 Å². The molecule has 1 aromatic rings. The first-order valence-electron chi connectivity index (χ1n) is 4.70. The third-order valence-electron chi connectivity index (χ3n) is 2.58. The van der Waals surface area contributed by atoms with Gasteiger partial charge in [0, 0.05) is 11.7 Å². The Hall–Kier alpha value is -1.02. The lowest BCUT2D eigenvalue weighted by molar-refractivity contribution is 0.276. The molecule has 0 amide bonds. The second kappa shape index (κ2) is 4.28. The lowest BCUT2D eigenvalue weighted by atomic mass is 10.1. The third-order valence-corrected chi connectivity index (χ3v) is 2.58. The molecular formula is C11H18N2. The fourth-order valence-corrected chi connectivity index (χ4v) is 1.30. The van der Waals surface area contributed by atoms with Crippen molar-refractivity contribution >= 4 is 5.69 Å². The number of benzene rings is 1. The summed E-state index contributed by atoms with van der Waals surface area (Å²) in [6.07, 6.45) is 0. The van der Waals surface area contributed by atoms with E-state index in [4.69, 9.17) is 5.73 Å².